The fourth-order valence-corrected chi connectivity index (χ4v) is 3.56. The van der Waals surface area contributed by atoms with Gasteiger partial charge in [-0.15, -0.1) is 0 Å². The van der Waals surface area contributed by atoms with Crippen LogP contribution in [-0.4, -0.2) is 40.3 Å². The number of nitrogens with one attached hydrogen (secondary N) is 1. The number of amides is 1. The van der Waals surface area contributed by atoms with Crippen molar-refractivity contribution < 1.29 is 17.9 Å². The molecule has 0 unspecified atom stereocenters. The van der Waals surface area contributed by atoms with Crippen molar-refractivity contribution >= 4 is 33.2 Å². The lowest BCUT2D eigenvalue weighted by Crippen LogP contribution is -2.48. The summed E-state index contributed by atoms with van der Waals surface area (Å²) >= 11 is 6.06. The van der Waals surface area contributed by atoms with Gasteiger partial charge in [-0.2, -0.15) is 0 Å². The Morgan fingerprint density at radius 1 is 1.43 bits per heavy atom. The summed E-state index contributed by atoms with van der Waals surface area (Å²) in [4.78, 5) is 12.2. The minimum Gasteiger partial charge on any atom is -0.495 e. The molecule has 1 aromatic rings. The highest BCUT2D eigenvalue weighted by Gasteiger charge is 2.29. The van der Waals surface area contributed by atoms with E-state index in [2.05, 4.69) is 5.32 Å². The third-order valence-electron chi connectivity index (χ3n) is 3.31. The van der Waals surface area contributed by atoms with E-state index in [1.165, 1.54) is 13.2 Å². The second kappa shape index (κ2) is 8.40. The molecule has 0 aromatic heterocycles. The van der Waals surface area contributed by atoms with Gasteiger partial charge in [0, 0.05) is 6.54 Å². The molecular formula is C15H23ClN2O4S. The van der Waals surface area contributed by atoms with E-state index in [0.29, 0.717) is 18.0 Å². The Morgan fingerprint density at radius 3 is 2.57 bits per heavy atom. The highest BCUT2D eigenvalue weighted by molar-refractivity contribution is 7.92. The van der Waals surface area contributed by atoms with Crippen LogP contribution in [0.4, 0.5) is 5.69 Å². The predicted octanol–water partition coefficient (Wildman–Crippen LogP) is 2.42. The highest BCUT2D eigenvalue weighted by atomic mass is 35.5. The van der Waals surface area contributed by atoms with Gasteiger partial charge in [0.25, 0.3) is 0 Å². The number of carbonyl (C=O) groups is 1. The van der Waals surface area contributed by atoms with Crippen molar-refractivity contribution in [2.75, 3.05) is 24.2 Å². The van der Waals surface area contributed by atoms with Crippen LogP contribution < -0.4 is 14.4 Å². The average Bonchev–Trinajstić information content (AvgIpc) is 2.46. The molecule has 1 rings (SSSR count). The highest BCUT2D eigenvalue weighted by Crippen LogP contribution is 2.31. The van der Waals surface area contributed by atoms with E-state index in [0.717, 1.165) is 23.4 Å². The number of anilines is 1. The molecule has 0 aliphatic heterocycles. The second-order valence-electron chi connectivity index (χ2n) is 5.20. The zero-order valence-electron chi connectivity index (χ0n) is 13.8. The molecular weight excluding hydrogens is 340 g/mol. The minimum atomic E-state index is -3.66. The molecule has 1 aromatic carbocycles. The minimum absolute atomic E-state index is 0.275. The standard InChI is InChI=1S/C15H23ClN2O4S/c1-5-6-9-17-15(19)11(2)18(23(4,20)21)12-7-8-14(22-3)13(16)10-12/h7-8,10-11H,5-6,9H2,1-4H3,(H,17,19)/t11-/m1/s1. The summed E-state index contributed by atoms with van der Waals surface area (Å²) in [5.41, 5.74) is 0.316. The summed E-state index contributed by atoms with van der Waals surface area (Å²) in [7, 11) is -2.18. The van der Waals surface area contributed by atoms with Crippen LogP contribution in [-0.2, 0) is 14.8 Å². The van der Waals surface area contributed by atoms with Crippen molar-refractivity contribution in [2.45, 2.75) is 32.7 Å². The van der Waals surface area contributed by atoms with E-state index >= 15 is 0 Å². The van der Waals surface area contributed by atoms with Gasteiger partial charge in [-0.05, 0) is 31.5 Å². The van der Waals surface area contributed by atoms with E-state index in [9.17, 15) is 13.2 Å². The van der Waals surface area contributed by atoms with Gasteiger partial charge in [0.2, 0.25) is 15.9 Å². The van der Waals surface area contributed by atoms with Gasteiger partial charge in [-0.25, -0.2) is 8.42 Å². The SMILES string of the molecule is CCCCNC(=O)[C@@H](C)N(c1ccc(OC)c(Cl)c1)S(C)(=O)=O. The van der Waals surface area contributed by atoms with Gasteiger partial charge in [-0.3, -0.25) is 9.10 Å². The summed E-state index contributed by atoms with van der Waals surface area (Å²) < 4.78 is 30.4. The molecule has 8 heteroatoms. The Bertz CT molecular complexity index is 649. The molecule has 0 radical (unpaired) electrons. The molecule has 0 aliphatic carbocycles. The summed E-state index contributed by atoms with van der Waals surface area (Å²) in [5.74, 6) is 0.0831. The van der Waals surface area contributed by atoms with Crippen LogP contribution in [0.3, 0.4) is 0 Å². The zero-order valence-corrected chi connectivity index (χ0v) is 15.4. The molecule has 1 atom stereocenters. The van der Waals surface area contributed by atoms with Gasteiger partial charge in [0.15, 0.2) is 0 Å². The molecule has 6 nitrogen and oxygen atoms in total. The molecule has 130 valence electrons. The first-order valence-corrected chi connectivity index (χ1v) is 9.55. The van der Waals surface area contributed by atoms with Crippen molar-refractivity contribution in [3.05, 3.63) is 23.2 Å². The maximum Gasteiger partial charge on any atom is 0.243 e. The van der Waals surface area contributed by atoms with Crippen molar-refractivity contribution in [1.82, 2.24) is 5.32 Å². The number of sulfonamides is 1. The number of rotatable bonds is 8. The maximum absolute atomic E-state index is 12.2. The Labute approximate surface area is 142 Å². The molecule has 0 spiro atoms. The first-order chi connectivity index (χ1) is 10.7. The number of hydrogen-bond donors (Lipinski definition) is 1. The first-order valence-electron chi connectivity index (χ1n) is 7.33. The zero-order chi connectivity index (χ0) is 17.6. The van der Waals surface area contributed by atoms with Gasteiger partial charge >= 0.3 is 0 Å². The average molecular weight is 363 g/mol. The maximum atomic E-state index is 12.2. The van der Waals surface area contributed by atoms with Crippen LogP contribution in [0.2, 0.25) is 5.02 Å². The monoisotopic (exact) mass is 362 g/mol. The largest absolute Gasteiger partial charge is 0.495 e. The molecule has 1 N–H and O–H groups in total. The smallest absolute Gasteiger partial charge is 0.243 e. The van der Waals surface area contributed by atoms with E-state index in [4.69, 9.17) is 16.3 Å². The second-order valence-corrected chi connectivity index (χ2v) is 7.46. The number of benzene rings is 1. The molecule has 0 fully saturated rings. The lowest BCUT2D eigenvalue weighted by Gasteiger charge is -2.28. The fourth-order valence-electron chi connectivity index (χ4n) is 2.14. The Balaban J connectivity index is 3.11. The van der Waals surface area contributed by atoms with Gasteiger partial charge in [0.1, 0.15) is 11.8 Å². The van der Waals surface area contributed by atoms with Crippen LogP contribution in [0.5, 0.6) is 5.75 Å². The fraction of sp³-hybridized carbons (Fsp3) is 0.533. The summed E-state index contributed by atoms with van der Waals surface area (Å²) in [6.45, 7) is 4.07. The molecule has 0 aliphatic rings. The van der Waals surface area contributed by atoms with Crippen molar-refractivity contribution in [2.24, 2.45) is 0 Å². The van der Waals surface area contributed by atoms with Crippen LogP contribution in [0.1, 0.15) is 26.7 Å². The number of carbonyl (C=O) groups excluding carboxylic acids is 1. The Hall–Kier alpha value is -1.47. The lowest BCUT2D eigenvalue weighted by atomic mass is 10.2. The molecule has 23 heavy (non-hydrogen) atoms. The molecule has 0 saturated carbocycles. The Kier molecular flexibility index (Phi) is 7.15. The lowest BCUT2D eigenvalue weighted by molar-refractivity contribution is -0.121. The van der Waals surface area contributed by atoms with Gasteiger partial charge in [0.05, 0.1) is 24.1 Å². The van der Waals surface area contributed by atoms with Crippen LogP contribution >= 0.6 is 11.6 Å². The number of halogens is 1. The van der Waals surface area contributed by atoms with Crippen molar-refractivity contribution in [3.63, 3.8) is 0 Å². The van der Waals surface area contributed by atoms with E-state index in [-0.39, 0.29) is 10.9 Å². The van der Waals surface area contributed by atoms with Crippen LogP contribution in [0.15, 0.2) is 18.2 Å². The summed E-state index contributed by atoms with van der Waals surface area (Å²) in [5, 5.41) is 3.02. The summed E-state index contributed by atoms with van der Waals surface area (Å²) in [6, 6.07) is 3.71. The molecule has 1 amide bonds. The third kappa shape index (κ3) is 5.28. The first kappa shape index (κ1) is 19.6. The van der Waals surface area contributed by atoms with E-state index in [1.54, 1.807) is 19.1 Å². The normalized spacial score (nSPS) is 12.6. The number of unbranched alkanes of at least 4 members (excludes halogenated alkanes) is 1. The number of ether oxygens (including phenoxy) is 1. The summed E-state index contributed by atoms with van der Waals surface area (Å²) in [6.07, 6.45) is 2.84. The quantitative estimate of drug-likeness (QED) is 0.720. The van der Waals surface area contributed by atoms with Crippen molar-refractivity contribution in [1.29, 1.82) is 0 Å². The predicted molar refractivity (Wildman–Crippen MR) is 92.7 cm³/mol. The number of hydrogen-bond acceptors (Lipinski definition) is 4. The van der Waals surface area contributed by atoms with Gasteiger partial charge in [-0.1, -0.05) is 24.9 Å². The topological polar surface area (TPSA) is 75.7 Å². The third-order valence-corrected chi connectivity index (χ3v) is 4.84. The Morgan fingerprint density at radius 2 is 2.09 bits per heavy atom. The number of nitrogens with zero attached hydrogens (tertiary/aromatic N) is 1. The number of methoxy groups -OCH3 is 1. The van der Waals surface area contributed by atoms with Crippen LogP contribution in [0.25, 0.3) is 0 Å². The van der Waals surface area contributed by atoms with Crippen LogP contribution in [0, 0.1) is 0 Å². The molecule has 0 heterocycles. The van der Waals surface area contributed by atoms with E-state index in [1.807, 2.05) is 6.92 Å². The van der Waals surface area contributed by atoms with E-state index < -0.39 is 16.1 Å². The molecule has 0 bridgehead atoms. The van der Waals surface area contributed by atoms with Gasteiger partial charge < -0.3 is 10.1 Å². The molecule has 0 saturated heterocycles. The van der Waals surface area contributed by atoms with Crippen molar-refractivity contribution in [3.8, 4) is 5.75 Å².